The molecule has 0 aliphatic carbocycles. The monoisotopic (exact) mass is 353 g/mol. The van der Waals surface area contributed by atoms with Gasteiger partial charge in [-0.3, -0.25) is 0 Å². The third-order valence-corrected chi connectivity index (χ3v) is 5.07. The molecule has 5 rings (SSSR count). The van der Waals surface area contributed by atoms with E-state index in [2.05, 4.69) is 41.8 Å². The zero-order valence-electron chi connectivity index (χ0n) is 15.3. The van der Waals surface area contributed by atoms with Gasteiger partial charge < -0.3 is 9.30 Å². The summed E-state index contributed by atoms with van der Waals surface area (Å²) in [6, 6.07) is 22.6. The first kappa shape index (κ1) is 15.8. The maximum Gasteiger partial charge on any atom is 0.160 e. The average molecular weight is 353 g/mol. The molecule has 2 aromatic heterocycles. The molecular formula is C23H19N3O. The van der Waals surface area contributed by atoms with Gasteiger partial charge in [-0.2, -0.15) is 0 Å². The SMILES string of the molecule is COc1ccc(Cn2c3nc4ccccc4nc3c3cccc(C)c32)cc1. The predicted octanol–water partition coefficient (Wildman–Crippen LogP) is 5.10. The molecule has 5 aromatic rings. The van der Waals surface area contributed by atoms with Gasteiger partial charge in [0.2, 0.25) is 0 Å². The van der Waals surface area contributed by atoms with E-state index in [1.54, 1.807) is 7.11 Å². The second-order valence-corrected chi connectivity index (χ2v) is 6.79. The average Bonchev–Trinajstić information content (AvgIpc) is 3.01. The maximum absolute atomic E-state index is 5.28. The minimum atomic E-state index is 0.738. The Morgan fingerprint density at radius 1 is 0.852 bits per heavy atom. The van der Waals surface area contributed by atoms with Crippen molar-refractivity contribution < 1.29 is 4.74 Å². The maximum atomic E-state index is 5.28. The minimum Gasteiger partial charge on any atom is -0.497 e. The normalized spacial score (nSPS) is 11.5. The molecule has 0 saturated carbocycles. The molecule has 0 atom stereocenters. The molecule has 3 aromatic carbocycles. The Morgan fingerprint density at radius 3 is 2.33 bits per heavy atom. The van der Waals surface area contributed by atoms with Gasteiger partial charge in [-0.1, -0.05) is 42.5 Å². The fraction of sp³-hybridized carbons (Fsp3) is 0.130. The number of para-hydroxylation sites is 3. The van der Waals surface area contributed by atoms with E-state index in [1.165, 1.54) is 16.6 Å². The van der Waals surface area contributed by atoms with Crippen molar-refractivity contribution in [2.24, 2.45) is 0 Å². The summed E-state index contributed by atoms with van der Waals surface area (Å²) >= 11 is 0. The Kier molecular flexibility index (Phi) is 3.57. The lowest BCUT2D eigenvalue weighted by Gasteiger charge is -2.09. The number of methoxy groups -OCH3 is 1. The summed E-state index contributed by atoms with van der Waals surface area (Å²) in [4.78, 5) is 9.89. The highest BCUT2D eigenvalue weighted by Crippen LogP contribution is 2.31. The van der Waals surface area contributed by atoms with E-state index in [1.807, 2.05) is 36.4 Å². The fourth-order valence-electron chi connectivity index (χ4n) is 3.74. The first-order valence-corrected chi connectivity index (χ1v) is 9.02. The summed E-state index contributed by atoms with van der Waals surface area (Å²) in [5, 5.41) is 1.15. The number of rotatable bonds is 3. The van der Waals surface area contributed by atoms with Gasteiger partial charge in [-0.15, -0.1) is 0 Å². The van der Waals surface area contributed by atoms with Crippen LogP contribution in [0.5, 0.6) is 5.75 Å². The first-order chi connectivity index (χ1) is 13.2. The van der Waals surface area contributed by atoms with Gasteiger partial charge >= 0.3 is 0 Å². The van der Waals surface area contributed by atoms with Crippen molar-refractivity contribution in [1.29, 1.82) is 0 Å². The lowest BCUT2D eigenvalue weighted by molar-refractivity contribution is 0.414. The Morgan fingerprint density at radius 2 is 1.59 bits per heavy atom. The van der Waals surface area contributed by atoms with Crippen molar-refractivity contribution >= 4 is 33.1 Å². The van der Waals surface area contributed by atoms with Crippen LogP contribution in [0.4, 0.5) is 0 Å². The molecule has 0 radical (unpaired) electrons. The van der Waals surface area contributed by atoms with Crippen molar-refractivity contribution in [1.82, 2.24) is 14.5 Å². The molecule has 0 spiro atoms. The van der Waals surface area contributed by atoms with Gasteiger partial charge in [0.15, 0.2) is 5.65 Å². The standard InChI is InChI=1S/C23H19N3O/c1-15-6-5-7-18-21-23(25-20-9-4-3-8-19(20)24-21)26(22(15)18)14-16-10-12-17(27-2)13-11-16/h3-13H,14H2,1-2H3. The molecule has 0 aliphatic rings. The molecule has 0 N–H and O–H groups in total. The van der Waals surface area contributed by atoms with Crippen LogP contribution in [0, 0.1) is 6.92 Å². The predicted molar refractivity (Wildman–Crippen MR) is 109 cm³/mol. The highest BCUT2D eigenvalue weighted by molar-refractivity contribution is 6.07. The number of aryl methyl sites for hydroxylation is 1. The zero-order valence-corrected chi connectivity index (χ0v) is 15.3. The Balaban J connectivity index is 1.80. The van der Waals surface area contributed by atoms with Crippen molar-refractivity contribution in [3.05, 3.63) is 77.9 Å². The van der Waals surface area contributed by atoms with E-state index in [9.17, 15) is 0 Å². The van der Waals surface area contributed by atoms with E-state index in [4.69, 9.17) is 14.7 Å². The van der Waals surface area contributed by atoms with Gasteiger partial charge in [-0.05, 0) is 42.3 Å². The van der Waals surface area contributed by atoms with Crippen LogP contribution < -0.4 is 4.74 Å². The number of hydrogen-bond donors (Lipinski definition) is 0. The zero-order chi connectivity index (χ0) is 18.4. The number of nitrogens with zero attached hydrogens (tertiary/aromatic N) is 3. The third-order valence-electron chi connectivity index (χ3n) is 5.07. The summed E-state index contributed by atoms with van der Waals surface area (Å²) in [6.07, 6.45) is 0. The molecule has 2 heterocycles. The number of fused-ring (bicyclic) bond motifs is 4. The molecule has 0 aliphatic heterocycles. The van der Waals surface area contributed by atoms with Crippen LogP contribution in [0.15, 0.2) is 66.7 Å². The summed E-state index contributed by atoms with van der Waals surface area (Å²) in [7, 11) is 1.69. The smallest absolute Gasteiger partial charge is 0.160 e. The van der Waals surface area contributed by atoms with Crippen LogP contribution in [0.25, 0.3) is 33.1 Å². The van der Waals surface area contributed by atoms with Crippen LogP contribution in [0.2, 0.25) is 0 Å². The molecule has 4 nitrogen and oxygen atoms in total. The van der Waals surface area contributed by atoms with E-state index in [0.717, 1.165) is 39.9 Å². The highest BCUT2D eigenvalue weighted by atomic mass is 16.5. The number of aromatic nitrogens is 3. The molecule has 0 saturated heterocycles. The van der Waals surface area contributed by atoms with Gasteiger partial charge in [-0.25, -0.2) is 9.97 Å². The second-order valence-electron chi connectivity index (χ2n) is 6.79. The fourth-order valence-corrected chi connectivity index (χ4v) is 3.74. The first-order valence-electron chi connectivity index (χ1n) is 9.02. The summed E-state index contributed by atoms with van der Waals surface area (Å²) < 4.78 is 7.56. The van der Waals surface area contributed by atoms with Gasteiger partial charge in [0.05, 0.1) is 23.7 Å². The summed E-state index contributed by atoms with van der Waals surface area (Å²) in [6.45, 7) is 2.88. The van der Waals surface area contributed by atoms with Crippen LogP contribution >= 0.6 is 0 Å². The second kappa shape index (κ2) is 6.09. The third kappa shape index (κ3) is 2.53. The molecule has 0 fully saturated rings. The Hall–Kier alpha value is -3.40. The summed E-state index contributed by atoms with van der Waals surface area (Å²) in [5.41, 5.74) is 7.35. The summed E-state index contributed by atoms with van der Waals surface area (Å²) in [5.74, 6) is 0.864. The molecule has 27 heavy (non-hydrogen) atoms. The number of hydrogen-bond acceptors (Lipinski definition) is 3. The van der Waals surface area contributed by atoms with Crippen molar-refractivity contribution in [2.75, 3.05) is 7.11 Å². The number of benzene rings is 3. The van der Waals surface area contributed by atoms with E-state index in [-0.39, 0.29) is 0 Å². The minimum absolute atomic E-state index is 0.738. The van der Waals surface area contributed by atoms with Gasteiger partial charge in [0.25, 0.3) is 0 Å². The van der Waals surface area contributed by atoms with E-state index < -0.39 is 0 Å². The van der Waals surface area contributed by atoms with Crippen molar-refractivity contribution in [2.45, 2.75) is 13.5 Å². The van der Waals surface area contributed by atoms with Crippen molar-refractivity contribution in [3.8, 4) is 5.75 Å². The van der Waals surface area contributed by atoms with Crippen LogP contribution in [0.1, 0.15) is 11.1 Å². The number of ether oxygens (including phenoxy) is 1. The molecule has 0 unspecified atom stereocenters. The van der Waals surface area contributed by atoms with Crippen LogP contribution in [-0.4, -0.2) is 21.6 Å². The molecule has 4 heteroatoms. The Bertz CT molecular complexity index is 1290. The Labute approximate surface area is 157 Å². The largest absolute Gasteiger partial charge is 0.497 e. The lowest BCUT2D eigenvalue weighted by atomic mass is 10.1. The molecule has 132 valence electrons. The quantitative estimate of drug-likeness (QED) is 0.453. The van der Waals surface area contributed by atoms with Crippen molar-refractivity contribution in [3.63, 3.8) is 0 Å². The highest BCUT2D eigenvalue weighted by Gasteiger charge is 2.16. The van der Waals surface area contributed by atoms with Crippen LogP contribution in [0.3, 0.4) is 0 Å². The molecule has 0 amide bonds. The van der Waals surface area contributed by atoms with E-state index in [0.29, 0.717) is 0 Å². The molecular weight excluding hydrogens is 334 g/mol. The molecule has 0 bridgehead atoms. The van der Waals surface area contributed by atoms with Gasteiger partial charge in [0.1, 0.15) is 11.3 Å². The van der Waals surface area contributed by atoms with E-state index >= 15 is 0 Å². The lowest BCUT2D eigenvalue weighted by Crippen LogP contribution is -2.02. The topological polar surface area (TPSA) is 39.9 Å². The van der Waals surface area contributed by atoms with Crippen LogP contribution in [-0.2, 0) is 6.54 Å². The van der Waals surface area contributed by atoms with Gasteiger partial charge in [0, 0.05) is 11.9 Å².